The lowest BCUT2D eigenvalue weighted by atomic mass is 9.63. The first-order valence-electron chi connectivity index (χ1n) is 9.58. The van der Waals surface area contributed by atoms with Gasteiger partial charge in [-0.3, -0.25) is 0 Å². The molecule has 0 aliphatic heterocycles. The number of hydrogen-bond acceptors (Lipinski definition) is 4. The highest BCUT2D eigenvalue weighted by atomic mass is 16.3. The molecule has 3 aliphatic carbocycles. The molecular formula is C21H32O4. The van der Waals surface area contributed by atoms with Gasteiger partial charge in [0.25, 0.3) is 0 Å². The van der Waals surface area contributed by atoms with E-state index in [1.165, 1.54) is 11.1 Å². The molecule has 6 atom stereocenters. The predicted molar refractivity (Wildman–Crippen MR) is 97.8 cm³/mol. The fourth-order valence-corrected chi connectivity index (χ4v) is 5.36. The van der Waals surface area contributed by atoms with Gasteiger partial charge in [-0.2, -0.15) is 0 Å². The van der Waals surface area contributed by atoms with Crippen LogP contribution in [0.1, 0.15) is 52.4 Å². The van der Waals surface area contributed by atoms with Gasteiger partial charge in [0, 0.05) is 0 Å². The van der Waals surface area contributed by atoms with E-state index < -0.39 is 12.2 Å². The maximum absolute atomic E-state index is 10.4. The molecule has 1 saturated carbocycles. The number of aliphatic hydroxyl groups is 4. The van der Waals surface area contributed by atoms with Crippen molar-refractivity contribution in [3.63, 3.8) is 0 Å². The van der Waals surface area contributed by atoms with E-state index in [1.54, 1.807) is 0 Å². The SMILES string of the molecule is CC1=C(/C=C/C2=C[C@H](O)C[C@]3(C)[C@@H]([C@H](O)CO)CC[C@@H]23)C[C@@H](O)CC1. The van der Waals surface area contributed by atoms with Gasteiger partial charge in [0.2, 0.25) is 0 Å². The Balaban J connectivity index is 1.84. The summed E-state index contributed by atoms with van der Waals surface area (Å²) in [4.78, 5) is 0. The summed E-state index contributed by atoms with van der Waals surface area (Å²) >= 11 is 0. The monoisotopic (exact) mass is 348 g/mol. The van der Waals surface area contributed by atoms with Crippen LogP contribution in [0, 0.1) is 17.3 Å². The summed E-state index contributed by atoms with van der Waals surface area (Å²) in [5, 5.41) is 39.9. The summed E-state index contributed by atoms with van der Waals surface area (Å²) in [7, 11) is 0. The molecule has 0 heterocycles. The topological polar surface area (TPSA) is 80.9 Å². The van der Waals surface area contributed by atoms with Crippen LogP contribution in [0.5, 0.6) is 0 Å². The smallest absolute Gasteiger partial charge is 0.0804 e. The minimum Gasteiger partial charge on any atom is -0.394 e. The number of rotatable bonds is 4. The highest BCUT2D eigenvalue weighted by Gasteiger charge is 2.52. The Morgan fingerprint density at radius 1 is 1.24 bits per heavy atom. The standard InChI is InChI=1S/C21H32O4/c1-13-3-6-16(23)9-14(13)4-5-15-10-17(24)11-21(2)18(15)7-8-19(21)20(25)12-22/h4-5,10,16-20,22-25H,3,6-9,11-12H2,1-2H3/b5-4+/t16-,17-,18-,19+,20+,21-/m0/s1. The molecule has 0 unspecified atom stereocenters. The molecule has 25 heavy (non-hydrogen) atoms. The fourth-order valence-electron chi connectivity index (χ4n) is 5.36. The fraction of sp³-hybridized carbons (Fsp3) is 0.714. The third-order valence-corrected chi connectivity index (χ3v) is 6.83. The highest BCUT2D eigenvalue weighted by Crippen LogP contribution is 2.57. The molecule has 3 rings (SSSR count). The summed E-state index contributed by atoms with van der Waals surface area (Å²) < 4.78 is 0. The van der Waals surface area contributed by atoms with E-state index in [9.17, 15) is 20.4 Å². The second-order valence-electron chi connectivity index (χ2n) is 8.47. The van der Waals surface area contributed by atoms with Gasteiger partial charge in [0.1, 0.15) is 0 Å². The quantitative estimate of drug-likeness (QED) is 0.629. The zero-order chi connectivity index (χ0) is 18.2. The molecule has 4 heteroatoms. The molecule has 4 nitrogen and oxygen atoms in total. The van der Waals surface area contributed by atoms with Crippen molar-refractivity contribution in [2.45, 2.75) is 70.7 Å². The van der Waals surface area contributed by atoms with Crippen molar-refractivity contribution in [3.05, 3.63) is 34.9 Å². The van der Waals surface area contributed by atoms with Crippen molar-refractivity contribution in [2.75, 3.05) is 6.61 Å². The minimum absolute atomic E-state index is 0.0201. The Bertz CT molecular complexity index is 591. The second kappa shape index (κ2) is 7.36. The van der Waals surface area contributed by atoms with Crippen molar-refractivity contribution < 1.29 is 20.4 Å². The summed E-state index contributed by atoms with van der Waals surface area (Å²) in [6.45, 7) is 4.05. The van der Waals surface area contributed by atoms with Crippen LogP contribution in [0.25, 0.3) is 0 Å². The van der Waals surface area contributed by atoms with E-state index in [2.05, 4.69) is 26.0 Å². The van der Waals surface area contributed by atoms with Gasteiger partial charge in [0.15, 0.2) is 0 Å². The number of aliphatic hydroxyl groups excluding tert-OH is 4. The van der Waals surface area contributed by atoms with Crippen LogP contribution in [-0.2, 0) is 0 Å². The van der Waals surface area contributed by atoms with E-state index in [0.29, 0.717) is 18.8 Å². The average Bonchev–Trinajstić information content (AvgIpc) is 2.91. The first kappa shape index (κ1) is 18.8. The highest BCUT2D eigenvalue weighted by molar-refractivity contribution is 5.37. The summed E-state index contributed by atoms with van der Waals surface area (Å²) in [6, 6.07) is 0. The Morgan fingerprint density at radius 2 is 2.00 bits per heavy atom. The summed E-state index contributed by atoms with van der Waals surface area (Å²) in [5.41, 5.74) is 3.48. The van der Waals surface area contributed by atoms with Gasteiger partial charge < -0.3 is 20.4 Å². The molecule has 0 saturated heterocycles. The largest absolute Gasteiger partial charge is 0.394 e. The molecule has 0 amide bonds. The molecular weight excluding hydrogens is 316 g/mol. The number of hydrogen-bond donors (Lipinski definition) is 4. The molecule has 4 N–H and O–H groups in total. The normalized spacial score (nSPS) is 40.3. The van der Waals surface area contributed by atoms with Gasteiger partial charge >= 0.3 is 0 Å². The number of fused-ring (bicyclic) bond motifs is 1. The van der Waals surface area contributed by atoms with Crippen molar-refractivity contribution in [2.24, 2.45) is 17.3 Å². The van der Waals surface area contributed by atoms with Crippen LogP contribution in [0.2, 0.25) is 0 Å². The van der Waals surface area contributed by atoms with Crippen LogP contribution in [0.15, 0.2) is 34.9 Å². The summed E-state index contributed by atoms with van der Waals surface area (Å²) in [5.74, 6) is 0.319. The van der Waals surface area contributed by atoms with Crippen molar-refractivity contribution in [1.82, 2.24) is 0 Å². The van der Waals surface area contributed by atoms with E-state index >= 15 is 0 Å². The first-order chi connectivity index (χ1) is 11.8. The lowest BCUT2D eigenvalue weighted by molar-refractivity contribution is -0.0237. The maximum atomic E-state index is 10.4. The predicted octanol–water partition coefficient (Wildman–Crippen LogP) is 2.48. The third-order valence-electron chi connectivity index (χ3n) is 6.83. The van der Waals surface area contributed by atoms with Crippen molar-refractivity contribution >= 4 is 0 Å². The molecule has 0 spiro atoms. The Kier molecular flexibility index (Phi) is 5.54. The molecule has 0 radical (unpaired) electrons. The zero-order valence-corrected chi connectivity index (χ0v) is 15.4. The molecule has 0 aromatic heterocycles. The molecule has 0 aromatic carbocycles. The third kappa shape index (κ3) is 3.63. The molecule has 0 aromatic rings. The molecule has 1 fully saturated rings. The van der Waals surface area contributed by atoms with Gasteiger partial charge in [-0.15, -0.1) is 0 Å². The Morgan fingerprint density at radius 3 is 2.72 bits per heavy atom. The molecule has 0 bridgehead atoms. The van der Waals surface area contributed by atoms with Crippen LogP contribution in [-0.4, -0.2) is 45.3 Å². The summed E-state index contributed by atoms with van der Waals surface area (Å²) in [6.07, 6.45) is 9.64. The van der Waals surface area contributed by atoms with Gasteiger partial charge in [0.05, 0.1) is 24.9 Å². The van der Waals surface area contributed by atoms with Gasteiger partial charge in [-0.1, -0.05) is 30.7 Å². The van der Waals surface area contributed by atoms with Crippen molar-refractivity contribution in [1.29, 1.82) is 0 Å². The zero-order valence-electron chi connectivity index (χ0n) is 15.4. The van der Waals surface area contributed by atoms with E-state index in [0.717, 1.165) is 31.3 Å². The van der Waals surface area contributed by atoms with Crippen molar-refractivity contribution in [3.8, 4) is 0 Å². The van der Waals surface area contributed by atoms with Gasteiger partial charge in [-0.05, 0) is 73.8 Å². The first-order valence-corrected chi connectivity index (χ1v) is 9.58. The lowest BCUT2D eigenvalue weighted by Crippen LogP contribution is -2.42. The molecule has 3 aliphatic rings. The van der Waals surface area contributed by atoms with Crippen LogP contribution < -0.4 is 0 Å². The Hall–Kier alpha value is -0.940. The lowest BCUT2D eigenvalue weighted by Gasteiger charge is -2.43. The Labute approximate surface area is 150 Å². The number of allylic oxidation sites excluding steroid dienone is 4. The maximum Gasteiger partial charge on any atom is 0.0804 e. The van der Waals surface area contributed by atoms with Crippen LogP contribution in [0.4, 0.5) is 0 Å². The van der Waals surface area contributed by atoms with E-state index in [4.69, 9.17) is 0 Å². The van der Waals surface area contributed by atoms with E-state index in [-0.39, 0.29) is 24.0 Å². The van der Waals surface area contributed by atoms with Crippen LogP contribution in [0.3, 0.4) is 0 Å². The van der Waals surface area contributed by atoms with Gasteiger partial charge in [-0.25, -0.2) is 0 Å². The molecule has 140 valence electrons. The van der Waals surface area contributed by atoms with Crippen LogP contribution >= 0.6 is 0 Å². The second-order valence-corrected chi connectivity index (χ2v) is 8.47. The van der Waals surface area contributed by atoms with E-state index in [1.807, 2.05) is 6.08 Å². The minimum atomic E-state index is -0.719. The average molecular weight is 348 g/mol.